The maximum Gasteiger partial charge on any atom is 0.149 e. The minimum absolute atomic E-state index is 0.718. The molecule has 7 heteroatoms. The quantitative estimate of drug-likeness (QED) is 0.187. The highest BCUT2D eigenvalue weighted by Crippen LogP contribution is 2.40. The maximum atomic E-state index is 6.55. The van der Waals surface area contributed by atoms with Crippen LogP contribution in [-0.4, -0.2) is 28.7 Å². The monoisotopic (exact) mass is 604 g/mol. The van der Waals surface area contributed by atoms with Gasteiger partial charge in [0.25, 0.3) is 0 Å². The third-order valence-corrected chi connectivity index (χ3v) is 9.02. The van der Waals surface area contributed by atoms with Crippen LogP contribution in [0.2, 0.25) is 0 Å². The average Bonchev–Trinajstić information content (AvgIpc) is 3.84. The SMILES string of the molecule is c1ccc(-c2cc(-c3ccccc3)c3c(c2)c2ccc(Oc4ccc5c6cncnc6n6ccnc6c5c4)cc2c2nccn23)cc1. The van der Waals surface area contributed by atoms with Crippen molar-refractivity contribution < 1.29 is 4.74 Å². The van der Waals surface area contributed by atoms with E-state index in [0.717, 1.165) is 83.0 Å². The molecule has 5 heterocycles. The summed E-state index contributed by atoms with van der Waals surface area (Å²) < 4.78 is 10.7. The molecule has 0 unspecified atom stereocenters. The molecule has 0 bridgehead atoms. The van der Waals surface area contributed by atoms with Crippen molar-refractivity contribution in [3.8, 4) is 33.8 Å². The Hall–Kier alpha value is -6.60. The zero-order valence-electron chi connectivity index (χ0n) is 24.9. The summed E-state index contributed by atoms with van der Waals surface area (Å²) in [6.07, 6.45) is 11.0. The fourth-order valence-electron chi connectivity index (χ4n) is 6.95. The van der Waals surface area contributed by atoms with Gasteiger partial charge in [0.1, 0.15) is 34.8 Å². The molecule has 0 spiro atoms. The number of imidazole rings is 2. The van der Waals surface area contributed by atoms with Crippen molar-refractivity contribution in [3.05, 3.63) is 147 Å². The van der Waals surface area contributed by atoms with Gasteiger partial charge in [0.15, 0.2) is 0 Å². The first-order valence-corrected chi connectivity index (χ1v) is 15.4. The van der Waals surface area contributed by atoms with Crippen molar-refractivity contribution in [1.29, 1.82) is 0 Å². The number of hydrogen-bond acceptors (Lipinski definition) is 5. The predicted octanol–water partition coefficient (Wildman–Crippen LogP) is 9.51. The van der Waals surface area contributed by atoms with Gasteiger partial charge in [-0.3, -0.25) is 8.80 Å². The molecule has 0 saturated heterocycles. The molecule has 0 fully saturated rings. The van der Waals surface area contributed by atoms with Gasteiger partial charge in [-0.15, -0.1) is 0 Å². The van der Waals surface area contributed by atoms with Crippen LogP contribution in [0.3, 0.4) is 0 Å². The molecule has 47 heavy (non-hydrogen) atoms. The number of aromatic nitrogens is 6. The fraction of sp³-hybridized carbons (Fsp3) is 0. The van der Waals surface area contributed by atoms with E-state index in [2.05, 4.69) is 110 Å². The lowest BCUT2D eigenvalue weighted by Gasteiger charge is -2.16. The minimum atomic E-state index is 0.718. The zero-order valence-corrected chi connectivity index (χ0v) is 24.9. The van der Waals surface area contributed by atoms with E-state index in [1.165, 1.54) is 5.56 Å². The standard InChI is InChI=1S/C40H24N6O/c1-3-7-25(8-4-1)27-19-32(26-9-5-2-6-10-26)37-33(20-27)30-13-11-28(21-34(30)38-42-15-17-45(37)38)47-29-12-14-31-35(22-29)39-43-16-18-46(39)40-36(31)23-41-24-44-40/h1-24H. The second-order valence-electron chi connectivity index (χ2n) is 11.7. The summed E-state index contributed by atoms with van der Waals surface area (Å²) in [7, 11) is 0. The number of ether oxygens (including phenoxy) is 1. The molecule has 7 nitrogen and oxygen atoms in total. The van der Waals surface area contributed by atoms with Crippen LogP contribution < -0.4 is 4.74 Å². The lowest BCUT2D eigenvalue weighted by Crippen LogP contribution is -1.96. The minimum Gasteiger partial charge on any atom is -0.457 e. The van der Waals surface area contributed by atoms with Gasteiger partial charge >= 0.3 is 0 Å². The van der Waals surface area contributed by atoms with Crippen LogP contribution in [0, 0.1) is 0 Å². The van der Waals surface area contributed by atoms with Crippen molar-refractivity contribution >= 4 is 54.8 Å². The molecule has 0 atom stereocenters. The van der Waals surface area contributed by atoms with Gasteiger partial charge in [0.05, 0.1) is 5.52 Å². The smallest absolute Gasteiger partial charge is 0.149 e. The van der Waals surface area contributed by atoms with E-state index in [1.807, 2.05) is 47.4 Å². The molecular formula is C40H24N6O. The van der Waals surface area contributed by atoms with Crippen LogP contribution in [0.4, 0.5) is 0 Å². The highest BCUT2D eigenvalue weighted by atomic mass is 16.5. The van der Waals surface area contributed by atoms with Gasteiger partial charge in [-0.1, -0.05) is 60.7 Å². The molecule has 0 aliphatic heterocycles. The van der Waals surface area contributed by atoms with E-state index in [-0.39, 0.29) is 0 Å². The number of rotatable bonds is 4. The molecule has 0 saturated carbocycles. The molecular weight excluding hydrogens is 580 g/mol. The molecule has 0 aliphatic rings. The van der Waals surface area contributed by atoms with Gasteiger partial charge in [0.2, 0.25) is 0 Å². The van der Waals surface area contributed by atoms with Gasteiger partial charge in [-0.05, 0) is 76.0 Å². The van der Waals surface area contributed by atoms with Crippen LogP contribution in [0.15, 0.2) is 147 Å². The summed E-state index contributed by atoms with van der Waals surface area (Å²) in [5.74, 6) is 1.45. The lowest BCUT2D eigenvalue weighted by atomic mass is 9.93. The molecule has 0 N–H and O–H groups in total. The first kappa shape index (κ1) is 25.7. The summed E-state index contributed by atoms with van der Waals surface area (Å²) in [6, 6.07) is 38.1. The third-order valence-electron chi connectivity index (χ3n) is 9.02. The molecule has 0 aliphatic carbocycles. The molecule has 0 radical (unpaired) electrons. The van der Waals surface area contributed by atoms with Gasteiger partial charge in [0, 0.05) is 58.1 Å². The summed E-state index contributed by atoms with van der Waals surface area (Å²) in [4.78, 5) is 18.3. The Morgan fingerprint density at radius 2 is 1.09 bits per heavy atom. The van der Waals surface area contributed by atoms with Crippen molar-refractivity contribution in [2.45, 2.75) is 0 Å². The van der Waals surface area contributed by atoms with Crippen LogP contribution in [-0.2, 0) is 0 Å². The molecule has 10 rings (SSSR count). The normalized spacial score (nSPS) is 11.8. The lowest BCUT2D eigenvalue weighted by molar-refractivity contribution is 0.484. The molecule has 5 aromatic heterocycles. The highest BCUT2D eigenvalue weighted by molar-refractivity contribution is 6.16. The number of nitrogens with zero attached hydrogens (tertiary/aromatic N) is 6. The van der Waals surface area contributed by atoms with Crippen molar-refractivity contribution in [2.75, 3.05) is 0 Å². The van der Waals surface area contributed by atoms with Gasteiger partial charge in [-0.2, -0.15) is 0 Å². The van der Waals surface area contributed by atoms with E-state index in [9.17, 15) is 0 Å². The van der Waals surface area contributed by atoms with E-state index in [4.69, 9.17) is 9.72 Å². The second-order valence-corrected chi connectivity index (χ2v) is 11.7. The van der Waals surface area contributed by atoms with E-state index in [0.29, 0.717) is 0 Å². The Morgan fingerprint density at radius 1 is 0.468 bits per heavy atom. The van der Waals surface area contributed by atoms with Gasteiger partial charge < -0.3 is 4.74 Å². The first-order valence-electron chi connectivity index (χ1n) is 15.4. The molecule has 10 aromatic rings. The highest BCUT2D eigenvalue weighted by Gasteiger charge is 2.17. The van der Waals surface area contributed by atoms with Gasteiger partial charge in [-0.25, -0.2) is 19.9 Å². The van der Waals surface area contributed by atoms with Crippen molar-refractivity contribution in [3.63, 3.8) is 0 Å². The van der Waals surface area contributed by atoms with Crippen molar-refractivity contribution in [2.24, 2.45) is 0 Å². The molecule has 0 amide bonds. The second kappa shape index (κ2) is 9.95. The molecule has 5 aromatic carbocycles. The number of pyridine rings is 2. The largest absolute Gasteiger partial charge is 0.457 e. The third kappa shape index (κ3) is 3.93. The number of benzene rings is 5. The average molecular weight is 605 g/mol. The zero-order chi connectivity index (χ0) is 30.9. The van der Waals surface area contributed by atoms with Crippen LogP contribution in [0.25, 0.3) is 77.0 Å². The summed E-state index contributed by atoms with van der Waals surface area (Å²) >= 11 is 0. The first-order chi connectivity index (χ1) is 23.3. The summed E-state index contributed by atoms with van der Waals surface area (Å²) in [5, 5.41) is 6.24. The van der Waals surface area contributed by atoms with E-state index in [1.54, 1.807) is 12.5 Å². The maximum absolute atomic E-state index is 6.55. The summed E-state index contributed by atoms with van der Waals surface area (Å²) in [6.45, 7) is 0. The Morgan fingerprint density at radius 3 is 1.81 bits per heavy atom. The topological polar surface area (TPSA) is 69.6 Å². The van der Waals surface area contributed by atoms with Crippen LogP contribution >= 0.6 is 0 Å². The van der Waals surface area contributed by atoms with Crippen LogP contribution in [0.1, 0.15) is 0 Å². The fourth-order valence-corrected chi connectivity index (χ4v) is 6.95. The predicted molar refractivity (Wildman–Crippen MR) is 187 cm³/mol. The number of fused-ring (bicyclic) bond motifs is 12. The van der Waals surface area contributed by atoms with E-state index >= 15 is 0 Å². The Labute approximate surface area is 268 Å². The summed E-state index contributed by atoms with van der Waals surface area (Å²) in [5.41, 5.74) is 8.31. The Balaban J connectivity index is 1.17. The van der Waals surface area contributed by atoms with E-state index < -0.39 is 0 Å². The number of hydrogen-bond donors (Lipinski definition) is 0. The van der Waals surface area contributed by atoms with Crippen molar-refractivity contribution in [1.82, 2.24) is 28.7 Å². The molecule has 220 valence electrons. The Kier molecular flexibility index (Phi) is 5.44. The van der Waals surface area contributed by atoms with Crippen LogP contribution in [0.5, 0.6) is 11.5 Å². The Bertz CT molecular complexity index is 2820.